The van der Waals surface area contributed by atoms with Gasteiger partial charge in [-0.2, -0.15) is 0 Å². The van der Waals surface area contributed by atoms with Gasteiger partial charge in [-0.3, -0.25) is 4.99 Å². The van der Waals surface area contributed by atoms with Crippen molar-refractivity contribution in [2.45, 2.75) is 6.29 Å². The molecule has 0 aliphatic rings. The van der Waals surface area contributed by atoms with E-state index >= 15 is 0 Å². The van der Waals surface area contributed by atoms with Gasteiger partial charge in [0.25, 0.3) is 0 Å². The quantitative estimate of drug-likeness (QED) is 0.599. The van der Waals surface area contributed by atoms with Crippen LogP contribution in [0.1, 0.15) is 10.4 Å². The summed E-state index contributed by atoms with van der Waals surface area (Å²) in [6.07, 6.45) is -0.307. The van der Waals surface area contributed by atoms with Gasteiger partial charge < -0.3 is 9.47 Å². The molecule has 0 aliphatic heterocycles. The lowest BCUT2D eigenvalue weighted by Gasteiger charge is -2.12. The third kappa shape index (κ3) is 3.73. The molecule has 2 aromatic rings. The summed E-state index contributed by atoms with van der Waals surface area (Å²) >= 11 is 1.68. The van der Waals surface area contributed by atoms with Gasteiger partial charge in [0.1, 0.15) is 0 Å². The Morgan fingerprint density at radius 2 is 1.84 bits per heavy atom. The fraction of sp³-hybridized carbons (Fsp3) is 0.267. The predicted molar refractivity (Wildman–Crippen MR) is 79.1 cm³/mol. The molecule has 2 rings (SSSR count). The van der Waals surface area contributed by atoms with E-state index in [0.29, 0.717) is 6.54 Å². The Hall–Kier alpha value is -1.49. The summed E-state index contributed by atoms with van der Waals surface area (Å²) in [7, 11) is 3.24. The largest absolute Gasteiger partial charge is 0.354 e. The second-order valence-electron chi connectivity index (χ2n) is 3.93. The number of thiophene rings is 1. The van der Waals surface area contributed by atoms with E-state index in [4.69, 9.17) is 9.47 Å². The van der Waals surface area contributed by atoms with Gasteiger partial charge in [-0.05, 0) is 11.4 Å². The number of methoxy groups -OCH3 is 2. The van der Waals surface area contributed by atoms with Gasteiger partial charge in [-0.15, -0.1) is 11.3 Å². The van der Waals surface area contributed by atoms with Crippen LogP contribution in [0.25, 0.3) is 0 Å². The average Bonchev–Trinajstić information content (AvgIpc) is 2.99. The summed E-state index contributed by atoms with van der Waals surface area (Å²) in [5.74, 6) is 0. The first-order valence-electron chi connectivity index (χ1n) is 6.04. The van der Waals surface area contributed by atoms with Crippen molar-refractivity contribution in [1.82, 2.24) is 0 Å². The molecule has 0 saturated carbocycles. The topological polar surface area (TPSA) is 30.8 Å². The van der Waals surface area contributed by atoms with E-state index in [9.17, 15) is 0 Å². The molecule has 0 N–H and O–H groups in total. The molecule has 0 bridgehead atoms. The molecule has 4 heteroatoms. The molecule has 100 valence electrons. The Balaban J connectivity index is 2.28. The molecule has 0 fully saturated rings. The number of benzene rings is 1. The minimum Gasteiger partial charge on any atom is -0.354 e. The molecule has 0 amide bonds. The summed E-state index contributed by atoms with van der Waals surface area (Å²) < 4.78 is 10.4. The SMILES string of the molecule is COC(C/N=C(/c1ccccc1)c1cccs1)OC. The molecule has 1 aromatic heterocycles. The molecule has 1 aromatic carbocycles. The first kappa shape index (κ1) is 13.9. The molecule has 0 radical (unpaired) electrons. The number of hydrogen-bond acceptors (Lipinski definition) is 4. The first-order valence-corrected chi connectivity index (χ1v) is 6.92. The van der Waals surface area contributed by atoms with E-state index in [1.54, 1.807) is 25.6 Å². The normalized spacial score (nSPS) is 12.1. The third-order valence-corrected chi connectivity index (χ3v) is 3.60. The highest BCUT2D eigenvalue weighted by molar-refractivity contribution is 7.12. The zero-order chi connectivity index (χ0) is 13.5. The number of rotatable bonds is 6. The third-order valence-electron chi connectivity index (χ3n) is 2.73. The molecule has 0 atom stereocenters. The maximum absolute atomic E-state index is 5.18. The van der Waals surface area contributed by atoms with E-state index < -0.39 is 0 Å². The van der Waals surface area contributed by atoms with Crippen molar-refractivity contribution in [3.63, 3.8) is 0 Å². The summed E-state index contributed by atoms with van der Waals surface area (Å²) in [6, 6.07) is 14.3. The van der Waals surface area contributed by atoms with Crippen LogP contribution in [0.2, 0.25) is 0 Å². The van der Waals surface area contributed by atoms with E-state index in [1.807, 2.05) is 24.3 Å². The lowest BCUT2D eigenvalue weighted by molar-refractivity contribution is -0.0936. The maximum Gasteiger partial charge on any atom is 0.176 e. The lowest BCUT2D eigenvalue weighted by Crippen LogP contribution is -2.18. The van der Waals surface area contributed by atoms with Crippen LogP contribution in [0.3, 0.4) is 0 Å². The molecule has 0 unspecified atom stereocenters. The Morgan fingerprint density at radius 1 is 1.11 bits per heavy atom. The maximum atomic E-state index is 5.18. The van der Waals surface area contributed by atoms with Gasteiger partial charge in [0.05, 0.1) is 17.1 Å². The van der Waals surface area contributed by atoms with Gasteiger partial charge in [0, 0.05) is 19.8 Å². The smallest absolute Gasteiger partial charge is 0.176 e. The number of hydrogen-bond donors (Lipinski definition) is 0. The summed E-state index contributed by atoms with van der Waals surface area (Å²) in [5.41, 5.74) is 2.09. The second-order valence-corrected chi connectivity index (χ2v) is 4.88. The summed E-state index contributed by atoms with van der Waals surface area (Å²) in [4.78, 5) is 5.81. The second kappa shape index (κ2) is 7.19. The van der Waals surface area contributed by atoms with Crippen LogP contribution >= 0.6 is 11.3 Å². The molecule has 0 spiro atoms. The van der Waals surface area contributed by atoms with Crippen LogP contribution in [-0.4, -0.2) is 32.8 Å². The van der Waals surface area contributed by atoms with Crippen molar-refractivity contribution >= 4 is 17.0 Å². The van der Waals surface area contributed by atoms with Crippen molar-refractivity contribution in [2.24, 2.45) is 4.99 Å². The molecule has 0 aliphatic carbocycles. The van der Waals surface area contributed by atoms with Crippen LogP contribution < -0.4 is 0 Å². The molecule has 0 saturated heterocycles. The monoisotopic (exact) mass is 275 g/mol. The van der Waals surface area contributed by atoms with Crippen LogP contribution in [0.15, 0.2) is 52.8 Å². The van der Waals surface area contributed by atoms with E-state index in [-0.39, 0.29) is 6.29 Å². The van der Waals surface area contributed by atoms with Gasteiger partial charge in [0.2, 0.25) is 0 Å². The van der Waals surface area contributed by atoms with Crippen LogP contribution in [0.4, 0.5) is 0 Å². The van der Waals surface area contributed by atoms with Crippen LogP contribution in [0.5, 0.6) is 0 Å². The van der Waals surface area contributed by atoms with E-state index in [2.05, 4.69) is 28.6 Å². The Morgan fingerprint density at radius 3 is 2.42 bits per heavy atom. The Labute approximate surface area is 117 Å². The minimum atomic E-state index is -0.307. The molecule has 19 heavy (non-hydrogen) atoms. The van der Waals surface area contributed by atoms with Crippen LogP contribution in [0, 0.1) is 0 Å². The van der Waals surface area contributed by atoms with Gasteiger partial charge in [0.15, 0.2) is 6.29 Å². The Kier molecular flexibility index (Phi) is 5.27. The van der Waals surface area contributed by atoms with Gasteiger partial charge in [-0.1, -0.05) is 36.4 Å². The number of ether oxygens (including phenoxy) is 2. The molecule has 3 nitrogen and oxygen atoms in total. The van der Waals surface area contributed by atoms with Crippen molar-refractivity contribution in [3.8, 4) is 0 Å². The highest BCUT2D eigenvalue weighted by Gasteiger charge is 2.10. The van der Waals surface area contributed by atoms with E-state index in [1.165, 1.54) is 0 Å². The highest BCUT2D eigenvalue weighted by Crippen LogP contribution is 2.16. The number of nitrogens with zero attached hydrogens (tertiary/aromatic N) is 1. The standard InChI is InChI=1S/C15H17NO2S/c1-17-14(18-2)11-16-15(13-9-6-10-19-13)12-7-4-3-5-8-12/h3-10,14H,11H2,1-2H3/b16-15-. The average molecular weight is 275 g/mol. The minimum absolute atomic E-state index is 0.307. The van der Waals surface area contributed by atoms with Gasteiger partial charge >= 0.3 is 0 Å². The Bertz CT molecular complexity index is 504. The molecular weight excluding hydrogens is 258 g/mol. The molecule has 1 heterocycles. The molecular formula is C15H17NO2S. The summed E-state index contributed by atoms with van der Waals surface area (Å²) in [5, 5.41) is 2.05. The van der Waals surface area contributed by atoms with Crippen molar-refractivity contribution in [1.29, 1.82) is 0 Å². The van der Waals surface area contributed by atoms with Crippen LogP contribution in [-0.2, 0) is 9.47 Å². The van der Waals surface area contributed by atoms with E-state index in [0.717, 1.165) is 16.2 Å². The van der Waals surface area contributed by atoms with Crippen molar-refractivity contribution in [3.05, 3.63) is 58.3 Å². The fourth-order valence-electron chi connectivity index (χ4n) is 1.73. The first-order chi connectivity index (χ1) is 9.35. The predicted octanol–water partition coefficient (Wildman–Crippen LogP) is 3.20. The van der Waals surface area contributed by atoms with Crippen molar-refractivity contribution in [2.75, 3.05) is 20.8 Å². The lowest BCUT2D eigenvalue weighted by atomic mass is 10.1. The fourth-order valence-corrected chi connectivity index (χ4v) is 2.49. The zero-order valence-electron chi connectivity index (χ0n) is 11.1. The van der Waals surface area contributed by atoms with Crippen molar-refractivity contribution < 1.29 is 9.47 Å². The highest BCUT2D eigenvalue weighted by atomic mass is 32.1. The summed E-state index contributed by atoms with van der Waals surface area (Å²) in [6.45, 7) is 0.481. The zero-order valence-corrected chi connectivity index (χ0v) is 11.9. The number of aliphatic imine (C=N–C) groups is 1. The van der Waals surface area contributed by atoms with Gasteiger partial charge in [-0.25, -0.2) is 0 Å².